The fourth-order valence-corrected chi connectivity index (χ4v) is 4.07. The molecule has 1 heterocycles. The van der Waals surface area contributed by atoms with E-state index in [0.29, 0.717) is 22.8 Å². The first kappa shape index (κ1) is 24.9. The molecule has 0 aromatic heterocycles. The van der Waals surface area contributed by atoms with Crippen LogP contribution in [0.3, 0.4) is 0 Å². The summed E-state index contributed by atoms with van der Waals surface area (Å²) in [6, 6.07) is 23.3. The van der Waals surface area contributed by atoms with E-state index in [9.17, 15) is 29.8 Å². The molecule has 4 aromatic carbocycles. The van der Waals surface area contributed by atoms with Gasteiger partial charge in [-0.05, 0) is 42.5 Å². The van der Waals surface area contributed by atoms with E-state index >= 15 is 0 Å². The second-order valence-electron chi connectivity index (χ2n) is 8.45. The van der Waals surface area contributed by atoms with Crippen molar-refractivity contribution < 1.29 is 29.4 Å². The van der Waals surface area contributed by atoms with E-state index in [-0.39, 0.29) is 27.4 Å². The SMILES string of the molecule is O=C(Nc1ccc2c(c1)NC(c1ccc(NC(=O)c3ccccc3[N+](=O)O)cc1)O2)c1ccccc1[N+](=O)[O-]. The van der Waals surface area contributed by atoms with Gasteiger partial charge in [-0.2, -0.15) is 0 Å². The van der Waals surface area contributed by atoms with E-state index in [1.165, 1.54) is 36.4 Å². The Kier molecular flexibility index (Phi) is 6.57. The number of carbonyl (C=O) groups excluding carboxylic acids is 2. The Morgan fingerprint density at radius 2 is 1.36 bits per heavy atom. The molecule has 2 amide bonds. The molecule has 4 aromatic rings. The zero-order valence-corrected chi connectivity index (χ0v) is 20.0. The highest BCUT2D eigenvalue weighted by Gasteiger charge is 2.26. The van der Waals surface area contributed by atoms with Crippen LogP contribution in [-0.2, 0) is 0 Å². The van der Waals surface area contributed by atoms with Crippen molar-refractivity contribution in [3.8, 4) is 5.75 Å². The molecule has 0 saturated heterocycles. The summed E-state index contributed by atoms with van der Waals surface area (Å²) in [6.45, 7) is 0. The summed E-state index contributed by atoms with van der Waals surface area (Å²) in [6.07, 6.45) is -0.546. The van der Waals surface area contributed by atoms with Gasteiger partial charge >= 0.3 is 5.69 Å². The van der Waals surface area contributed by atoms with E-state index in [1.807, 2.05) is 0 Å². The molecule has 0 saturated carbocycles. The Morgan fingerprint density at radius 3 is 2.00 bits per heavy atom. The smallest absolute Gasteiger partial charge is 0.329 e. The molecule has 5 rings (SSSR count). The fraction of sp³-hybridized carbons (Fsp3) is 0.0370. The van der Waals surface area contributed by atoms with Crippen LogP contribution in [0.15, 0.2) is 91.0 Å². The van der Waals surface area contributed by atoms with Gasteiger partial charge in [0.1, 0.15) is 16.9 Å². The van der Waals surface area contributed by atoms with Crippen LogP contribution in [0.5, 0.6) is 5.75 Å². The summed E-state index contributed by atoms with van der Waals surface area (Å²) in [4.78, 5) is 46.8. The largest absolute Gasteiger partial charge is 0.464 e. The number of nitrogens with one attached hydrogen (secondary N) is 3. The van der Waals surface area contributed by atoms with E-state index in [2.05, 4.69) is 16.0 Å². The summed E-state index contributed by atoms with van der Waals surface area (Å²) >= 11 is 0. The molecule has 1 aliphatic heterocycles. The van der Waals surface area contributed by atoms with Crippen LogP contribution in [0, 0.1) is 15.0 Å². The van der Waals surface area contributed by atoms with Crippen molar-refractivity contribution in [2.45, 2.75) is 6.23 Å². The number of rotatable bonds is 7. The number of para-hydroxylation sites is 2. The van der Waals surface area contributed by atoms with Crippen molar-refractivity contribution >= 4 is 40.3 Å². The Balaban J connectivity index is 1.25. The van der Waals surface area contributed by atoms with Crippen LogP contribution >= 0.6 is 0 Å². The minimum Gasteiger partial charge on any atom is -0.464 e. The minimum absolute atomic E-state index is 0.0140. The maximum atomic E-state index is 12.6. The molecule has 1 aliphatic rings. The predicted octanol–water partition coefficient (Wildman–Crippen LogP) is 5.40. The number of nitrogens with zero attached hydrogens (tertiary/aromatic N) is 2. The molecule has 1 atom stereocenters. The van der Waals surface area contributed by atoms with Gasteiger partial charge in [0.25, 0.3) is 22.4 Å². The number of ether oxygens (including phenoxy) is 1. The van der Waals surface area contributed by atoms with Gasteiger partial charge in [-0.15, -0.1) is 0 Å². The van der Waals surface area contributed by atoms with Crippen LogP contribution in [0.1, 0.15) is 32.5 Å². The molecule has 1 unspecified atom stereocenters. The van der Waals surface area contributed by atoms with Gasteiger partial charge in [0.15, 0.2) is 6.23 Å². The highest BCUT2D eigenvalue weighted by molar-refractivity contribution is 6.07. The fourth-order valence-electron chi connectivity index (χ4n) is 4.07. The predicted molar refractivity (Wildman–Crippen MR) is 140 cm³/mol. The van der Waals surface area contributed by atoms with E-state index < -0.39 is 23.0 Å². The third-order valence-corrected chi connectivity index (χ3v) is 5.94. The lowest BCUT2D eigenvalue weighted by Gasteiger charge is -2.12. The first-order chi connectivity index (χ1) is 18.8. The standard InChI is InChI=1S/C27H19N5O7/c33-25(19-5-1-3-7-22(19)31(35)36)28-17-11-9-16(10-12-17)27-30-21-15-18(13-14-24(21)39-27)29-26(34)20-6-2-4-8-23(20)32(37)38/h1-15,27,30H,(H2-,28,29,33,34,35,36)/p+1. The van der Waals surface area contributed by atoms with Crippen LogP contribution in [0.4, 0.5) is 28.4 Å². The van der Waals surface area contributed by atoms with Crippen molar-refractivity contribution in [3.05, 3.63) is 123 Å². The van der Waals surface area contributed by atoms with Crippen molar-refractivity contribution in [1.82, 2.24) is 0 Å². The van der Waals surface area contributed by atoms with Gasteiger partial charge in [0, 0.05) is 29.1 Å². The van der Waals surface area contributed by atoms with E-state index in [0.717, 1.165) is 5.56 Å². The first-order valence-electron chi connectivity index (χ1n) is 11.6. The molecule has 12 heteroatoms. The zero-order valence-electron chi connectivity index (χ0n) is 20.0. The van der Waals surface area contributed by atoms with Gasteiger partial charge in [-0.1, -0.05) is 36.4 Å². The number of hydrogen-bond acceptors (Lipinski definition) is 7. The van der Waals surface area contributed by atoms with Crippen molar-refractivity contribution in [2.24, 2.45) is 0 Å². The molecule has 0 aliphatic carbocycles. The second-order valence-corrected chi connectivity index (χ2v) is 8.45. The van der Waals surface area contributed by atoms with Crippen LogP contribution in [0.25, 0.3) is 0 Å². The average molecular weight is 526 g/mol. The van der Waals surface area contributed by atoms with Crippen molar-refractivity contribution in [1.29, 1.82) is 0 Å². The van der Waals surface area contributed by atoms with Gasteiger partial charge in [0.2, 0.25) is 0 Å². The third-order valence-electron chi connectivity index (χ3n) is 5.94. The number of fused-ring (bicyclic) bond motifs is 1. The van der Waals surface area contributed by atoms with E-state index in [4.69, 9.17) is 4.74 Å². The number of amides is 2. The Hall–Kier alpha value is -5.78. The second kappa shape index (κ2) is 10.3. The lowest BCUT2D eigenvalue weighted by Crippen LogP contribution is -2.15. The monoisotopic (exact) mass is 526 g/mol. The normalized spacial score (nSPS) is 13.4. The van der Waals surface area contributed by atoms with Crippen molar-refractivity contribution in [3.63, 3.8) is 0 Å². The Bertz CT molecular complexity index is 1620. The molecule has 0 spiro atoms. The lowest BCUT2D eigenvalue weighted by molar-refractivity contribution is -0.729. The topological polar surface area (TPSA) is 163 Å². The molecule has 0 fully saturated rings. The summed E-state index contributed by atoms with van der Waals surface area (Å²) in [5.74, 6) is -0.630. The van der Waals surface area contributed by atoms with Gasteiger partial charge in [-0.25, -0.2) is 5.21 Å². The van der Waals surface area contributed by atoms with Gasteiger partial charge in [-0.3, -0.25) is 19.7 Å². The lowest BCUT2D eigenvalue weighted by atomic mass is 10.1. The first-order valence-corrected chi connectivity index (χ1v) is 11.6. The number of benzene rings is 4. The number of hydrogen-bond donors (Lipinski definition) is 4. The quantitative estimate of drug-likeness (QED) is 0.184. The molecule has 4 N–H and O–H groups in total. The van der Waals surface area contributed by atoms with Crippen LogP contribution in [0.2, 0.25) is 0 Å². The number of carbonyl (C=O) groups is 2. The summed E-state index contributed by atoms with van der Waals surface area (Å²) in [5.41, 5.74) is 1.74. The van der Waals surface area contributed by atoms with Crippen LogP contribution in [-0.4, -0.2) is 26.9 Å². The highest BCUT2D eigenvalue weighted by atomic mass is 16.6. The molecule has 194 valence electrons. The summed E-state index contributed by atoms with van der Waals surface area (Å²) in [7, 11) is 0. The molecular formula is C27H20N5O7+. The Morgan fingerprint density at radius 1 is 0.795 bits per heavy atom. The number of nitro groups is 1. The molecular weight excluding hydrogens is 506 g/mol. The zero-order chi connectivity index (χ0) is 27.5. The maximum Gasteiger partial charge on any atom is 0.329 e. The van der Waals surface area contributed by atoms with Crippen molar-refractivity contribution in [2.75, 3.05) is 16.0 Å². The minimum atomic E-state index is -0.611. The third kappa shape index (κ3) is 5.20. The van der Waals surface area contributed by atoms with Gasteiger partial charge < -0.3 is 20.7 Å². The average Bonchev–Trinajstić information content (AvgIpc) is 3.37. The maximum absolute atomic E-state index is 12.6. The summed E-state index contributed by atoms with van der Waals surface area (Å²) < 4.78 is 5.95. The number of anilines is 3. The van der Waals surface area contributed by atoms with E-state index in [1.54, 1.807) is 54.6 Å². The molecule has 12 nitrogen and oxygen atoms in total. The molecule has 39 heavy (non-hydrogen) atoms. The van der Waals surface area contributed by atoms with Gasteiger partial charge in [0.05, 0.1) is 15.5 Å². The molecule has 0 bridgehead atoms. The summed E-state index contributed by atoms with van der Waals surface area (Å²) in [5, 5.41) is 29.0. The Labute approximate surface area is 220 Å². The molecule has 0 radical (unpaired) electrons. The highest BCUT2D eigenvalue weighted by Crippen LogP contribution is 2.39. The van der Waals surface area contributed by atoms with Crippen LogP contribution < -0.4 is 20.7 Å². The number of nitro benzene ring substituents is 1.